The summed E-state index contributed by atoms with van der Waals surface area (Å²) in [5.74, 6) is -0.559. The van der Waals surface area contributed by atoms with Gasteiger partial charge in [-0.25, -0.2) is 9.59 Å². The van der Waals surface area contributed by atoms with Crippen LogP contribution in [-0.2, 0) is 16.0 Å². The zero-order chi connectivity index (χ0) is 25.6. The highest BCUT2D eigenvalue weighted by molar-refractivity contribution is 5.91. The predicted molar refractivity (Wildman–Crippen MR) is 135 cm³/mol. The van der Waals surface area contributed by atoms with E-state index in [2.05, 4.69) is 6.58 Å². The molecule has 0 saturated carbocycles. The van der Waals surface area contributed by atoms with Crippen molar-refractivity contribution in [3.63, 3.8) is 0 Å². The van der Waals surface area contributed by atoms with E-state index in [4.69, 9.17) is 9.47 Å². The van der Waals surface area contributed by atoms with Gasteiger partial charge in [-0.05, 0) is 69.7 Å². The average molecular weight is 472 g/mol. The maximum atomic E-state index is 12.4. The summed E-state index contributed by atoms with van der Waals surface area (Å²) in [6, 6.07) is 15.8. The molecule has 1 aromatic heterocycles. The normalized spacial score (nSPS) is 12.3. The van der Waals surface area contributed by atoms with Crippen molar-refractivity contribution in [2.24, 2.45) is 0 Å². The SMILES string of the molecule is C=c1/c(=C\C(=C/C)OC(=O)c2ccccc2)c(C=O)cn1Cc1ccc(C(=O)OC(C)(C)C)cc1. The van der Waals surface area contributed by atoms with Gasteiger partial charge in [0.1, 0.15) is 11.4 Å². The van der Waals surface area contributed by atoms with Gasteiger partial charge in [0.15, 0.2) is 6.29 Å². The molecular formula is C29H29NO5. The molecule has 0 spiro atoms. The second-order valence-electron chi connectivity index (χ2n) is 8.98. The quantitative estimate of drug-likeness (QED) is 0.293. The molecule has 0 fully saturated rings. The molecule has 2 aromatic carbocycles. The molecule has 180 valence electrons. The van der Waals surface area contributed by atoms with Gasteiger partial charge in [-0.3, -0.25) is 4.79 Å². The van der Waals surface area contributed by atoms with Gasteiger partial charge in [0.2, 0.25) is 0 Å². The van der Waals surface area contributed by atoms with E-state index in [1.165, 1.54) is 0 Å². The second-order valence-corrected chi connectivity index (χ2v) is 8.98. The van der Waals surface area contributed by atoms with Gasteiger partial charge in [0.05, 0.1) is 11.1 Å². The lowest BCUT2D eigenvalue weighted by Crippen LogP contribution is -2.29. The van der Waals surface area contributed by atoms with Crippen molar-refractivity contribution in [3.8, 4) is 0 Å². The number of aldehydes is 1. The summed E-state index contributed by atoms with van der Waals surface area (Å²) < 4.78 is 12.7. The zero-order valence-electron chi connectivity index (χ0n) is 20.4. The number of esters is 2. The molecule has 0 aliphatic carbocycles. The summed E-state index contributed by atoms with van der Waals surface area (Å²) in [6.45, 7) is 11.8. The fraction of sp³-hybridized carbons (Fsp3) is 0.207. The van der Waals surface area contributed by atoms with E-state index >= 15 is 0 Å². The van der Waals surface area contributed by atoms with Gasteiger partial charge >= 0.3 is 11.9 Å². The monoisotopic (exact) mass is 471 g/mol. The lowest BCUT2D eigenvalue weighted by molar-refractivity contribution is 0.00692. The minimum atomic E-state index is -0.566. The first-order valence-corrected chi connectivity index (χ1v) is 11.2. The first-order valence-electron chi connectivity index (χ1n) is 11.2. The molecule has 0 amide bonds. The Morgan fingerprint density at radius 2 is 1.60 bits per heavy atom. The van der Waals surface area contributed by atoms with Crippen LogP contribution in [0.15, 0.2) is 72.6 Å². The van der Waals surface area contributed by atoms with E-state index in [1.807, 2.05) is 43.5 Å². The predicted octanol–water partition coefficient (Wildman–Crippen LogP) is 4.26. The number of benzene rings is 2. The Morgan fingerprint density at radius 1 is 0.971 bits per heavy atom. The van der Waals surface area contributed by atoms with Crippen molar-refractivity contribution < 1.29 is 23.9 Å². The van der Waals surface area contributed by atoms with E-state index in [0.29, 0.717) is 39.6 Å². The molecule has 3 rings (SSSR count). The summed E-state index contributed by atoms with van der Waals surface area (Å²) in [5.41, 5.74) is 1.67. The zero-order valence-corrected chi connectivity index (χ0v) is 20.4. The average Bonchev–Trinajstić information content (AvgIpc) is 3.12. The third-order valence-electron chi connectivity index (χ3n) is 5.12. The van der Waals surface area contributed by atoms with Crippen LogP contribution in [0, 0.1) is 0 Å². The lowest BCUT2D eigenvalue weighted by atomic mass is 10.1. The summed E-state index contributed by atoms with van der Waals surface area (Å²) >= 11 is 0. The van der Waals surface area contributed by atoms with Crippen molar-refractivity contribution in [1.29, 1.82) is 0 Å². The minimum absolute atomic E-state index is 0.311. The Bertz CT molecular complexity index is 1360. The Morgan fingerprint density at radius 3 is 2.17 bits per heavy atom. The molecule has 6 heteroatoms. The number of ether oxygens (including phenoxy) is 2. The maximum absolute atomic E-state index is 12.4. The number of aromatic nitrogens is 1. The topological polar surface area (TPSA) is 74.6 Å². The van der Waals surface area contributed by atoms with Crippen LogP contribution in [0.2, 0.25) is 0 Å². The van der Waals surface area contributed by atoms with Crippen molar-refractivity contribution in [2.45, 2.75) is 39.8 Å². The van der Waals surface area contributed by atoms with Gasteiger partial charge < -0.3 is 14.0 Å². The number of hydrogen-bond donors (Lipinski definition) is 0. The third-order valence-corrected chi connectivity index (χ3v) is 5.12. The largest absolute Gasteiger partial charge is 0.456 e. The highest BCUT2D eigenvalue weighted by Crippen LogP contribution is 2.13. The van der Waals surface area contributed by atoms with Crippen LogP contribution in [-0.4, -0.2) is 28.4 Å². The van der Waals surface area contributed by atoms with Crippen LogP contribution in [0.4, 0.5) is 0 Å². The molecule has 0 saturated heterocycles. The Hall–Kier alpha value is -4.19. The van der Waals surface area contributed by atoms with Gasteiger partial charge in [-0.15, -0.1) is 0 Å². The fourth-order valence-corrected chi connectivity index (χ4v) is 3.37. The molecule has 3 aromatic rings. The summed E-state index contributed by atoms with van der Waals surface area (Å²) in [4.78, 5) is 36.4. The van der Waals surface area contributed by atoms with Crippen molar-refractivity contribution in [1.82, 2.24) is 4.57 Å². The van der Waals surface area contributed by atoms with E-state index in [1.54, 1.807) is 61.7 Å². The molecule has 1 heterocycles. The minimum Gasteiger partial charge on any atom is -0.456 e. The fourth-order valence-electron chi connectivity index (χ4n) is 3.37. The highest BCUT2D eigenvalue weighted by Gasteiger charge is 2.17. The number of hydrogen-bond acceptors (Lipinski definition) is 5. The van der Waals surface area contributed by atoms with Gasteiger partial charge in [0.25, 0.3) is 0 Å². The van der Waals surface area contributed by atoms with E-state index in [9.17, 15) is 14.4 Å². The molecule has 35 heavy (non-hydrogen) atoms. The van der Waals surface area contributed by atoms with E-state index < -0.39 is 11.6 Å². The van der Waals surface area contributed by atoms with Crippen LogP contribution in [0.25, 0.3) is 12.7 Å². The third kappa shape index (κ3) is 6.67. The van der Waals surface area contributed by atoms with Crippen molar-refractivity contribution in [3.05, 3.63) is 105 Å². The molecule has 0 bridgehead atoms. The van der Waals surface area contributed by atoms with Gasteiger partial charge in [0, 0.05) is 28.9 Å². The smallest absolute Gasteiger partial charge is 0.343 e. The van der Waals surface area contributed by atoms with E-state index in [0.717, 1.165) is 11.8 Å². The van der Waals surface area contributed by atoms with Crippen LogP contribution >= 0.6 is 0 Å². The number of carbonyl (C=O) groups excluding carboxylic acids is 3. The molecule has 0 aliphatic heterocycles. The van der Waals surface area contributed by atoms with Crippen molar-refractivity contribution in [2.75, 3.05) is 0 Å². The van der Waals surface area contributed by atoms with E-state index in [-0.39, 0.29) is 5.97 Å². The number of allylic oxidation sites excluding steroid dienone is 2. The first kappa shape index (κ1) is 25.4. The summed E-state index contributed by atoms with van der Waals surface area (Å²) in [7, 11) is 0. The molecule has 0 radical (unpaired) electrons. The Kier molecular flexibility index (Phi) is 7.87. The van der Waals surface area contributed by atoms with Gasteiger partial charge in [-0.2, -0.15) is 0 Å². The van der Waals surface area contributed by atoms with Crippen LogP contribution in [0.3, 0.4) is 0 Å². The van der Waals surface area contributed by atoms with Crippen LogP contribution in [0.5, 0.6) is 0 Å². The van der Waals surface area contributed by atoms with Crippen LogP contribution < -0.4 is 10.6 Å². The molecule has 0 aliphatic rings. The molecular weight excluding hydrogens is 442 g/mol. The van der Waals surface area contributed by atoms with Crippen molar-refractivity contribution >= 4 is 30.9 Å². The highest BCUT2D eigenvalue weighted by atomic mass is 16.6. The standard InChI is InChI=1S/C29H29NO5/c1-6-25(34-27(32)22-10-8-7-9-11-22)16-26-20(2)30(18-24(26)19-31)17-21-12-14-23(15-13-21)28(33)35-29(3,4)5/h6-16,18-19H,2,17H2,1,3-5H3/b25-6+,26-16+. The molecule has 6 nitrogen and oxygen atoms in total. The second kappa shape index (κ2) is 10.8. The number of rotatable bonds is 7. The Labute approximate surface area is 204 Å². The first-order chi connectivity index (χ1) is 16.6. The summed E-state index contributed by atoms with van der Waals surface area (Å²) in [6.07, 6.45) is 5.74. The molecule has 0 unspecified atom stereocenters. The van der Waals surface area contributed by atoms with Gasteiger partial charge in [-0.1, -0.05) is 36.9 Å². The molecule has 0 N–H and O–H groups in total. The Balaban J connectivity index is 1.83. The van der Waals surface area contributed by atoms with Crippen LogP contribution in [0.1, 0.15) is 64.3 Å². The molecule has 0 atom stereocenters. The number of nitrogens with zero attached hydrogens (tertiary/aromatic N) is 1. The lowest BCUT2D eigenvalue weighted by Gasteiger charge is -2.19. The maximum Gasteiger partial charge on any atom is 0.343 e. The number of carbonyl (C=O) groups is 3. The summed E-state index contributed by atoms with van der Waals surface area (Å²) in [5, 5.41) is 1.16.